The minimum Gasteiger partial charge on any atom is -0.464 e. The summed E-state index contributed by atoms with van der Waals surface area (Å²) in [4.78, 5) is 10.9. The number of unbranched alkanes of at least 4 members (excludes halogenated alkanes) is 2. The molecule has 4 heteroatoms. The number of ether oxygens (including phenoxy) is 1. The Bertz CT molecular complexity index is 158. The van der Waals surface area contributed by atoms with E-state index in [1.165, 1.54) is 12.8 Å². The lowest BCUT2D eigenvalue weighted by Crippen LogP contribution is -2.13. The zero-order valence-corrected chi connectivity index (χ0v) is 10.7. The molecule has 0 rings (SSSR count). The lowest BCUT2D eigenvalue weighted by Gasteiger charge is -2.06. The predicted molar refractivity (Wildman–Crippen MR) is 66.0 cm³/mol. The zero-order chi connectivity index (χ0) is 11.0. The summed E-state index contributed by atoms with van der Waals surface area (Å²) in [7, 11) is 0. The molecule has 0 aromatic heterocycles. The second-order valence-electron chi connectivity index (χ2n) is 3.78. The van der Waals surface area contributed by atoms with Crippen molar-refractivity contribution < 1.29 is 9.53 Å². The van der Waals surface area contributed by atoms with Crippen LogP contribution in [0.15, 0.2) is 0 Å². The predicted octanol–water partition coefficient (Wildman–Crippen LogP) is 2.93. The maximum absolute atomic E-state index is 10.9. The molecule has 0 bridgehead atoms. The first-order valence-corrected chi connectivity index (χ1v) is 6.10. The Morgan fingerprint density at radius 1 is 1.21 bits per heavy atom. The molecule has 0 amide bonds. The van der Waals surface area contributed by atoms with Crippen LogP contribution < -0.4 is 0 Å². The van der Waals surface area contributed by atoms with E-state index in [-0.39, 0.29) is 5.97 Å². The van der Waals surface area contributed by atoms with Gasteiger partial charge in [0.1, 0.15) is 4.58 Å². The van der Waals surface area contributed by atoms with Gasteiger partial charge in [0.05, 0.1) is 6.61 Å². The third-order valence-corrected chi connectivity index (χ3v) is 2.30. The van der Waals surface area contributed by atoms with Gasteiger partial charge in [0.2, 0.25) is 0 Å². The van der Waals surface area contributed by atoms with Crippen LogP contribution in [0.5, 0.6) is 0 Å². The summed E-state index contributed by atoms with van der Waals surface area (Å²) in [6.07, 6.45) is 4.51. The van der Waals surface area contributed by atoms with Crippen LogP contribution in [0.25, 0.3) is 0 Å². The van der Waals surface area contributed by atoms with Gasteiger partial charge in [-0.25, -0.2) is 4.79 Å². The maximum Gasteiger partial charge on any atom is 0.328 e. The molecule has 0 aromatic rings. The van der Waals surface area contributed by atoms with Crippen molar-refractivity contribution in [3.05, 3.63) is 0 Å². The first kappa shape index (κ1) is 14.2. The molecule has 0 aromatic carbocycles. The van der Waals surface area contributed by atoms with Gasteiger partial charge < -0.3 is 4.74 Å². The summed E-state index contributed by atoms with van der Waals surface area (Å²) < 4.78 is 4.31. The lowest BCUT2D eigenvalue weighted by molar-refractivity contribution is -0.141. The molecular formula is C10H20O2S2. The van der Waals surface area contributed by atoms with Crippen molar-refractivity contribution in [2.24, 2.45) is 5.92 Å². The van der Waals surface area contributed by atoms with Crippen molar-refractivity contribution in [2.45, 2.75) is 44.1 Å². The van der Waals surface area contributed by atoms with E-state index in [1.54, 1.807) is 0 Å². The Morgan fingerprint density at radius 3 is 2.36 bits per heavy atom. The van der Waals surface area contributed by atoms with Crippen LogP contribution >= 0.6 is 25.3 Å². The second kappa shape index (κ2) is 8.48. The van der Waals surface area contributed by atoms with E-state index >= 15 is 0 Å². The number of carbonyl (C=O) groups excluding carboxylic acids is 1. The number of carbonyl (C=O) groups is 1. The molecule has 0 radical (unpaired) electrons. The Morgan fingerprint density at radius 2 is 1.86 bits per heavy atom. The molecule has 0 spiro atoms. The van der Waals surface area contributed by atoms with Gasteiger partial charge >= 0.3 is 5.97 Å². The number of thiol groups is 2. The number of esters is 1. The van der Waals surface area contributed by atoms with Crippen LogP contribution in [-0.2, 0) is 9.53 Å². The van der Waals surface area contributed by atoms with Gasteiger partial charge in [0.15, 0.2) is 0 Å². The molecule has 0 saturated carbocycles. The molecule has 0 fully saturated rings. The Balaban J connectivity index is 3.18. The SMILES string of the molecule is CC(C)CCCCCOC(=O)C(S)S. The zero-order valence-electron chi connectivity index (χ0n) is 8.90. The van der Waals surface area contributed by atoms with Crippen molar-refractivity contribution in [2.75, 3.05) is 6.61 Å². The normalized spacial score (nSPS) is 11.0. The molecule has 14 heavy (non-hydrogen) atoms. The third kappa shape index (κ3) is 8.75. The topological polar surface area (TPSA) is 26.3 Å². The van der Waals surface area contributed by atoms with Gasteiger partial charge in [-0.2, -0.15) is 25.3 Å². The average Bonchev–Trinajstić information content (AvgIpc) is 2.09. The van der Waals surface area contributed by atoms with Gasteiger partial charge in [0.25, 0.3) is 0 Å². The Hall–Kier alpha value is 0.170. The fraction of sp³-hybridized carbons (Fsp3) is 0.900. The fourth-order valence-electron chi connectivity index (χ4n) is 1.08. The van der Waals surface area contributed by atoms with Crippen LogP contribution in [0, 0.1) is 5.92 Å². The van der Waals surface area contributed by atoms with Gasteiger partial charge in [-0.1, -0.05) is 33.1 Å². The standard InChI is InChI=1S/C10H20O2S2/c1-8(2)6-4-3-5-7-12-9(11)10(13)14/h8,10,13-14H,3-7H2,1-2H3. The van der Waals surface area contributed by atoms with Crippen LogP contribution in [0.2, 0.25) is 0 Å². The highest BCUT2D eigenvalue weighted by Gasteiger charge is 2.08. The molecule has 2 nitrogen and oxygen atoms in total. The lowest BCUT2D eigenvalue weighted by atomic mass is 10.1. The van der Waals surface area contributed by atoms with Crippen molar-refractivity contribution >= 4 is 31.2 Å². The van der Waals surface area contributed by atoms with Gasteiger partial charge in [-0.15, -0.1) is 0 Å². The highest BCUT2D eigenvalue weighted by molar-refractivity contribution is 8.00. The Kier molecular flexibility index (Phi) is 8.58. The molecule has 0 aliphatic carbocycles. The fourth-order valence-corrected chi connectivity index (χ4v) is 1.23. The molecule has 84 valence electrons. The van der Waals surface area contributed by atoms with Gasteiger partial charge in [-0.05, 0) is 12.3 Å². The highest BCUT2D eigenvalue weighted by atomic mass is 32.2. The van der Waals surface area contributed by atoms with Crippen molar-refractivity contribution in [1.82, 2.24) is 0 Å². The maximum atomic E-state index is 10.9. The minimum absolute atomic E-state index is 0.347. The largest absolute Gasteiger partial charge is 0.464 e. The van der Waals surface area contributed by atoms with E-state index in [9.17, 15) is 4.79 Å². The van der Waals surface area contributed by atoms with E-state index in [1.807, 2.05) is 0 Å². The van der Waals surface area contributed by atoms with Gasteiger partial charge in [-0.3, -0.25) is 0 Å². The monoisotopic (exact) mass is 236 g/mol. The van der Waals surface area contributed by atoms with Crippen molar-refractivity contribution in [3.63, 3.8) is 0 Å². The highest BCUT2D eigenvalue weighted by Crippen LogP contribution is 2.08. The van der Waals surface area contributed by atoms with Crippen LogP contribution in [-0.4, -0.2) is 17.2 Å². The number of hydrogen-bond donors (Lipinski definition) is 2. The average molecular weight is 236 g/mol. The van der Waals surface area contributed by atoms with Crippen LogP contribution in [0.4, 0.5) is 0 Å². The van der Waals surface area contributed by atoms with E-state index in [4.69, 9.17) is 4.74 Å². The molecule has 0 atom stereocenters. The number of hydrogen-bond acceptors (Lipinski definition) is 4. The summed E-state index contributed by atoms with van der Waals surface area (Å²) in [5.74, 6) is 0.414. The summed E-state index contributed by atoms with van der Waals surface area (Å²) >= 11 is 7.71. The molecule has 0 aliphatic rings. The molecule has 0 unspecified atom stereocenters. The third-order valence-electron chi connectivity index (χ3n) is 1.88. The van der Waals surface area contributed by atoms with E-state index in [0.717, 1.165) is 18.8 Å². The molecular weight excluding hydrogens is 216 g/mol. The van der Waals surface area contributed by atoms with Gasteiger partial charge in [0, 0.05) is 0 Å². The molecule has 0 heterocycles. The minimum atomic E-state index is -0.606. The smallest absolute Gasteiger partial charge is 0.328 e. The first-order chi connectivity index (χ1) is 6.54. The van der Waals surface area contributed by atoms with Crippen LogP contribution in [0.3, 0.4) is 0 Å². The summed E-state index contributed by atoms with van der Waals surface area (Å²) in [6.45, 7) is 4.92. The van der Waals surface area contributed by atoms with E-state index < -0.39 is 4.58 Å². The molecule has 0 N–H and O–H groups in total. The second-order valence-corrected chi connectivity index (χ2v) is 5.22. The Labute approximate surface area is 97.6 Å². The molecule has 0 aliphatic heterocycles. The quantitative estimate of drug-likeness (QED) is 0.308. The first-order valence-electron chi connectivity index (χ1n) is 5.06. The van der Waals surface area contributed by atoms with E-state index in [0.29, 0.717) is 6.61 Å². The summed E-state index contributed by atoms with van der Waals surface area (Å²) in [5, 5.41) is 0. The van der Waals surface area contributed by atoms with E-state index in [2.05, 4.69) is 39.1 Å². The number of rotatable bonds is 7. The molecule has 0 saturated heterocycles. The van der Waals surface area contributed by atoms with Crippen molar-refractivity contribution in [3.8, 4) is 0 Å². The summed E-state index contributed by atoms with van der Waals surface area (Å²) in [6, 6.07) is 0. The summed E-state index contributed by atoms with van der Waals surface area (Å²) in [5.41, 5.74) is 0. The van der Waals surface area contributed by atoms with Crippen molar-refractivity contribution in [1.29, 1.82) is 0 Å². The van der Waals surface area contributed by atoms with Crippen LogP contribution in [0.1, 0.15) is 39.5 Å².